The van der Waals surface area contributed by atoms with Crippen molar-refractivity contribution in [2.24, 2.45) is 0 Å². The average Bonchev–Trinajstić information content (AvgIpc) is 2.99. The maximum atomic E-state index is 14.9. The third-order valence-corrected chi connectivity index (χ3v) is 7.31. The summed E-state index contributed by atoms with van der Waals surface area (Å²) in [5, 5.41) is 12.2. The van der Waals surface area contributed by atoms with Gasteiger partial charge in [0.05, 0.1) is 37.4 Å². The van der Waals surface area contributed by atoms with Crippen LogP contribution >= 0.6 is 0 Å². The monoisotopic (exact) mass is 613 g/mol. The molecule has 0 unspecified atom stereocenters. The lowest BCUT2D eigenvalue weighted by Crippen LogP contribution is -2.45. The molecule has 0 spiro atoms. The van der Waals surface area contributed by atoms with Gasteiger partial charge in [-0.1, -0.05) is 48.5 Å². The zero-order chi connectivity index (χ0) is 32.0. The minimum atomic E-state index is -4.89. The number of halogens is 4. The molecule has 0 saturated carbocycles. The van der Waals surface area contributed by atoms with Crippen LogP contribution < -0.4 is 21.3 Å². The van der Waals surface area contributed by atoms with E-state index in [-0.39, 0.29) is 37.2 Å². The Hall–Kier alpha value is -4.71. The molecule has 0 amide bonds. The van der Waals surface area contributed by atoms with Gasteiger partial charge in [-0.2, -0.15) is 13.2 Å². The molecular weight excluding hydrogens is 582 g/mol. The summed E-state index contributed by atoms with van der Waals surface area (Å²) in [5.74, 6) is -1.72. The standard InChI is InChI=1S/C32H31F4N3O5/c1-20-29(22-11-6-12-23(17-22)44-2)30(42)39(19-27(21-9-4-3-5-10-21)37-16-8-15-28(40)41)31(43)38(20)18-24-25(32(34,35)36)13-7-14-26(24)33/h3-7,9-14,17,27,37H,8,15-16,18-19H2,1-2H3,(H,40,41)/t27-/m0/s1. The van der Waals surface area contributed by atoms with Crippen LogP contribution in [-0.2, 0) is 24.1 Å². The maximum absolute atomic E-state index is 14.9. The van der Waals surface area contributed by atoms with Crippen LogP contribution in [0.5, 0.6) is 5.75 Å². The fourth-order valence-electron chi connectivity index (χ4n) is 5.07. The van der Waals surface area contributed by atoms with Crippen LogP contribution in [0.25, 0.3) is 11.1 Å². The molecule has 44 heavy (non-hydrogen) atoms. The van der Waals surface area contributed by atoms with E-state index in [9.17, 15) is 31.9 Å². The summed E-state index contributed by atoms with van der Waals surface area (Å²) in [7, 11) is 1.43. The van der Waals surface area contributed by atoms with E-state index in [0.717, 1.165) is 27.3 Å². The van der Waals surface area contributed by atoms with Crippen molar-refractivity contribution in [1.82, 2.24) is 14.5 Å². The number of ether oxygens (including phenoxy) is 1. The van der Waals surface area contributed by atoms with Crippen molar-refractivity contribution >= 4 is 5.97 Å². The Morgan fingerprint density at radius 3 is 2.36 bits per heavy atom. The van der Waals surface area contributed by atoms with Crippen LogP contribution in [0.2, 0.25) is 0 Å². The maximum Gasteiger partial charge on any atom is 0.416 e. The van der Waals surface area contributed by atoms with Crippen LogP contribution in [0, 0.1) is 12.7 Å². The molecule has 0 radical (unpaired) electrons. The summed E-state index contributed by atoms with van der Waals surface area (Å²) in [6, 6.07) is 17.2. The van der Waals surface area contributed by atoms with Gasteiger partial charge in [0.1, 0.15) is 11.6 Å². The quantitative estimate of drug-likeness (QED) is 0.164. The third kappa shape index (κ3) is 7.25. The summed E-state index contributed by atoms with van der Waals surface area (Å²) >= 11 is 0. The molecule has 0 aliphatic carbocycles. The number of aliphatic carboxylic acids is 1. The highest BCUT2D eigenvalue weighted by Crippen LogP contribution is 2.34. The Morgan fingerprint density at radius 1 is 1.00 bits per heavy atom. The second-order valence-corrected chi connectivity index (χ2v) is 10.2. The summed E-state index contributed by atoms with van der Waals surface area (Å²) in [5.41, 5.74) is -2.47. The molecule has 1 atom stereocenters. The number of hydrogen-bond donors (Lipinski definition) is 2. The lowest BCUT2D eigenvalue weighted by atomic mass is 10.0. The van der Waals surface area contributed by atoms with Gasteiger partial charge in [-0.05, 0) is 55.3 Å². The minimum absolute atomic E-state index is 0.0334. The molecule has 1 heterocycles. The predicted octanol–water partition coefficient (Wildman–Crippen LogP) is 5.40. The summed E-state index contributed by atoms with van der Waals surface area (Å²) in [4.78, 5) is 39.0. The van der Waals surface area contributed by atoms with Crippen molar-refractivity contribution in [2.45, 2.75) is 45.1 Å². The second-order valence-electron chi connectivity index (χ2n) is 10.2. The van der Waals surface area contributed by atoms with E-state index in [0.29, 0.717) is 16.9 Å². The molecule has 3 aromatic carbocycles. The van der Waals surface area contributed by atoms with E-state index in [1.165, 1.54) is 14.0 Å². The normalized spacial score (nSPS) is 12.2. The molecule has 0 aliphatic heterocycles. The number of benzene rings is 3. The number of hydrogen-bond acceptors (Lipinski definition) is 5. The van der Waals surface area contributed by atoms with Crippen LogP contribution in [0.4, 0.5) is 17.6 Å². The van der Waals surface area contributed by atoms with Gasteiger partial charge in [-0.3, -0.25) is 18.7 Å². The van der Waals surface area contributed by atoms with Gasteiger partial charge in [-0.15, -0.1) is 0 Å². The Morgan fingerprint density at radius 2 is 1.70 bits per heavy atom. The van der Waals surface area contributed by atoms with Crippen molar-refractivity contribution in [1.29, 1.82) is 0 Å². The Labute approximate surface area is 250 Å². The van der Waals surface area contributed by atoms with Gasteiger partial charge in [-0.25, -0.2) is 9.18 Å². The lowest BCUT2D eigenvalue weighted by molar-refractivity contribution is -0.138. The van der Waals surface area contributed by atoms with Gasteiger partial charge >= 0.3 is 17.8 Å². The molecule has 8 nitrogen and oxygen atoms in total. The molecular formula is C32H31F4N3O5. The Bertz CT molecular complexity index is 1750. The first-order valence-electron chi connectivity index (χ1n) is 13.8. The summed E-state index contributed by atoms with van der Waals surface area (Å²) in [6.07, 6.45) is -4.72. The van der Waals surface area contributed by atoms with Crippen molar-refractivity contribution in [3.05, 3.63) is 122 Å². The largest absolute Gasteiger partial charge is 0.497 e. The van der Waals surface area contributed by atoms with E-state index in [2.05, 4.69) is 5.32 Å². The van der Waals surface area contributed by atoms with Crippen molar-refractivity contribution in [3.63, 3.8) is 0 Å². The molecule has 232 valence electrons. The second kappa shape index (κ2) is 13.7. The third-order valence-electron chi connectivity index (χ3n) is 7.31. The van der Waals surface area contributed by atoms with Crippen molar-refractivity contribution < 1.29 is 32.2 Å². The SMILES string of the molecule is COc1cccc(-c2c(C)n(Cc3c(F)cccc3C(F)(F)F)c(=O)n(C[C@H](NCCCC(=O)O)c3ccccc3)c2=O)c1. The fourth-order valence-corrected chi connectivity index (χ4v) is 5.07. The number of methoxy groups -OCH3 is 1. The highest BCUT2D eigenvalue weighted by molar-refractivity contribution is 5.67. The van der Waals surface area contributed by atoms with Crippen LogP contribution in [0.1, 0.15) is 41.3 Å². The first-order valence-corrected chi connectivity index (χ1v) is 13.8. The topological polar surface area (TPSA) is 103 Å². The average molecular weight is 614 g/mol. The first kappa shape index (κ1) is 32.2. The highest BCUT2D eigenvalue weighted by atomic mass is 19.4. The number of aromatic nitrogens is 2. The van der Waals surface area contributed by atoms with E-state index in [4.69, 9.17) is 9.84 Å². The van der Waals surface area contributed by atoms with Crippen molar-refractivity contribution in [2.75, 3.05) is 13.7 Å². The number of rotatable bonds is 12. The van der Waals surface area contributed by atoms with Crippen LogP contribution in [0.15, 0.2) is 82.4 Å². The van der Waals surface area contributed by atoms with E-state index < -0.39 is 52.9 Å². The Kier molecular flexibility index (Phi) is 10.0. The number of carboxylic acids is 1. The van der Waals surface area contributed by atoms with E-state index >= 15 is 0 Å². The van der Waals surface area contributed by atoms with Crippen LogP contribution in [-0.4, -0.2) is 33.9 Å². The van der Waals surface area contributed by atoms with Gasteiger partial charge in [0.25, 0.3) is 5.56 Å². The fraction of sp³-hybridized carbons (Fsp3) is 0.281. The van der Waals surface area contributed by atoms with E-state index in [1.807, 2.05) is 0 Å². The summed E-state index contributed by atoms with van der Waals surface area (Å²) in [6.45, 7) is 0.642. The van der Waals surface area contributed by atoms with Gasteiger partial charge in [0.15, 0.2) is 0 Å². The zero-order valence-electron chi connectivity index (χ0n) is 24.0. The number of carbonyl (C=O) groups is 1. The first-order chi connectivity index (χ1) is 20.9. The molecule has 0 saturated heterocycles. The molecule has 4 rings (SSSR count). The minimum Gasteiger partial charge on any atom is -0.497 e. The molecule has 0 fully saturated rings. The molecule has 2 N–H and O–H groups in total. The smallest absolute Gasteiger partial charge is 0.416 e. The predicted molar refractivity (Wildman–Crippen MR) is 156 cm³/mol. The zero-order valence-corrected chi connectivity index (χ0v) is 24.0. The van der Waals surface area contributed by atoms with E-state index in [1.54, 1.807) is 54.6 Å². The Balaban J connectivity index is 1.92. The number of alkyl halides is 3. The molecule has 4 aromatic rings. The lowest BCUT2D eigenvalue weighted by Gasteiger charge is -2.23. The van der Waals surface area contributed by atoms with Gasteiger partial charge < -0.3 is 15.2 Å². The van der Waals surface area contributed by atoms with Gasteiger partial charge in [0.2, 0.25) is 0 Å². The molecule has 0 bridgehead atoms. The summed E-state index contributed by atoms with van der Waals surface area (Å²) < 4.78 is 63.8. The number of nitrogens with zero attached hydrogens (tertiary/aromatic N) is 2. The number of carboxylic acid groups (broad SMARTS) is 1. The van der Waals surface area contributed by atoms with Gasteiger partial charge in [0, 0.05) is 17.7 Å². The molecule has 1 aromatic heterocycles. The highest BCUT2D eigenvalue weighted by Gasteiger charge is 2.35. The van der Waals surface area contributed by atoms with Crippen molar-refractivity contribution in [3.8, 4) is 16.9 Å². The van der Waals surface area contributed by atoms with Crippen LogP contribution in [0.3, 0.4) is 0 Å². The molecule has 0 aliphatic rings. The molecule has 12 heteroatoms. The number of nitrogens with one attached hydrogen (secondary N) is 1.